The Kier molecular flexibility index (Phi) is 3.52. The molecule has 0 amide bonds. The summed E-state index contributed by atoms with van der Waals surface area (Å²) < 4.78 is 0. The van der Waals surface area contributed by atoms with E-state index in [1.165, 1.54) is 11.3 Å². The summed E-state index contributed by atoms with van der Waals surface area (Å²) in [6.07, 6.45) is 1.29. The zero-order valence-corrected chi connectivity index (χ0v) is 10.3. The van der Waals surface area contributed by atoms with Gasteiger partial charge in [-0.2, -0.15) is 11.8 Å². The highest BCUT2D eigenvalue weighted by atomic mass is 32.2. The Bertz CT molecular complexity index is 271. The molecule has 1 N–H and O–H groups in total. The fourth-order valence-electron chi connectivity index (χ4n) is 1.92. The van der Waals surface area contributed by atoms with Crippen LogP contribution in [0.25, 0.3) is 0 Å². The van der Waals surface area contributed by atoms with Crippen molar-refractivity contribution in [2.75, 3.05) is 6.54 Å². The first-order valence-electron chi connectivity index (χ1n) is 5.19. The van der Waals surface area contributed by atoms with E-state index in [4.69, 9.17) is 0 Å². The van der Waals surface area contributed by atoms with E-state index >= 15 is 0 Å². The summed E-state index contributed by atoms with van der Waals surface area (Å²) in [6.45, 7) is 5.82. The number of rotatable bonds is 1. The second kappa shape index (κ2) is 4.69. The lowest BCUT2D eigenvalue weighted by Crippen LogP contribution is -2.26. The van der Waals surface area contributed by atoms with E-state index < -0.39 is 0 Å². The number of hydrogen-bond donors (Lipinski definition) is 1. The molecule has 0 spiro atoms. The van der Waals surface area contributed by atoms with Crippen LogP contribution in [0, 0.1) is 0 Å². The van der Waals surface area contributed by atoms with Gasteiger partial charge < -0.3 is 5.32 Å². The summed E-state index contributed by atoms with van der Waals surface area (Å²) in [5.74, 6) is 0. The quantitative estimate of drug-likeness (QED) is 0.790. The minimum absolute atomic E-state index is 0.560. The molecule has 2 rings (SSSR count). The standard InChI is InChI=1S/C11H17NS2/c1-8-5-6-12-11(9(2)14-8)10-4-3-7-13-10/h3-4,7-9,11-12H,5-6H2,1-2H3. The first kappa shape index (κ1) is 10.5. The second-order valence-corrected chi connectivity index (χ2v) is 6.69. The second-order valence-electron chi connectivity index (χ2n) is 3.89. The van der Waals surface area contributed by atoms with Crippen molar-refractivity contribution >= 4 is 23.1 Å². The molecular weight excluding hydrogens is 210 g/mol. The number of nitrogens with one attached hydrogen (secondary N) is 1. The Balaban J connectivity index is 2.11. The number of thiophene rings is 1. The first-order valence-corrected chi connectivity index (χ1v) is 7.02. The summed E-state index contributed by atoms with van der Waals surface area (Å²) in [4.78, 5) is 1.49. The van der Waals surface area contributed by atoms with Gasteiger partial charge in [0, 0.05) is 15.4 Å². The van der Waals surface area contributed by atoms with Crippen LogP contribution < -0.4 is 5.32 Å². The molecule has 1 aromatic rings. The highest BCUT2D eigenvalue weighted by Crippen LogP contribution is 2.34. The zero-order valence-electron chi connectivity index (χ0n) is 8.69. The lowest BCUT2D eigenvalue weighted by atomic mass is 10.2. The van der Waals surface area contributed by atoms with Crippen LogP contribution in [0.2, 0.25) is 0 Å². The molecule has 3 atom stereocenters. The molecule has 0 saturated carbocycles. The Morgan fingerprint density at radius 2 is 2.29 bits per heavy atom. The van der Waals surface area contributed by atoms with Crippen LogP contribution >= 0.6 is 23.1 Å². The average molecular weight is 227 g/mol. The number of thioether (sulfide) groups is 1. The van der Waals surface area contributed by atoms with Gasteiger partial charge in [-0.25, -0.2) is 0 Å². The molecule has 1 aromatic heterocycles. The fourth-order valence-corrected chi connectivity index (χ4v) is 4.30. The van der Waals surface area contributed by atoms with Gasteiger partial charge in [0.2, 0.25) is 0 Å². The highest BCUT2D eigenvalue weighted by molar-refractivity contribution is 8.00. The minimum atomic E-state index is 0.560. The molecule has 1 nitrogen and oxygen atoms in total. The van der Waals surface area contributed by atoms with Crippen molar-refractivity contribution in [3.63, 3.8) is 0 Å². The van der Waals surface area contributed by atoms with Gasteiger partial charge >= 0.3 is 0 Å². The SMILES string of the molecule is CC1CCNC(c2cccs2)C(C)S1. The van der Waals surface area contributed by atoms with Crippen LogP contribution in [-0.2, 0) is 0 Å². The Labute approximate surface area is 94.3 Å². The van der Waals surface area contributed by atoms with Gasteiger partial charge in [0.1, 0.15) is 0 Å². The molecule has 2 heterocycles. The lowest BCUT2D eigenvalue weighted by Gasteiger charge is -2.21. The van der Waals surface area contributed by atoms with E-state index in [9.17, 15) is 0 Å². The summed E-state index contributed by atoms with van der Waals surface area (Å²) in [5.41, 5.74) is 0. The van der Waals surface area contributed by atoms with E-state index in [1.54, 1.807) is 0 Å². The molecular formula is C11H17NS2. The van der Waals surface area contributed by atoms with Crippen LogP contribution in [0.3, 0.4) is 0 Å². The molecule has 0 radical (unpaired) electrons. The van der Waals surface area contributed by atoms with E-state index in [0.717, 1.165) is 11.8 Å². The maximum absolute atomic E-state index is 3.65. The molecule has 1 saturated heterocycles. The van der Waals surface area contributed by atoms with Gasteiger partial charge in [-0.3, -0.25) is 0 Å². The molecule has 3 heteroatoms. The van der Waals surface area contributed by atoms with Crippen molar-refractivity contribution in [3.8, 4) is 0 Å². The van der Waals surface area contributed by atoms with Crippen LogP contribution in [0.4, 0.5) is 0 Å². The van der Waals surface area contributed by atoms with E-state index in [1.807, 2.05) is 11.3 Å². The normalized spacial score (nSPS) is 34.0. The van der Waals surface area contributed by atoms with Crippen LogP contribution in [0.1, 0.15) is 31.2 Å². The lowest BCUT2D eigenvalue weighted by molar-refractivity contribution is 0.542. The van der Waals surface area contributed by atoms with Gasteiger partial charge in [-0.05, 0) is 24.4 Å². The molecule has 1 aliphatic rings. The molecule has 0 bridgehead atoms. The Morgan fingerprint density at radius 1 is 1.43 bits per heavy atom. The molecule has 14 heavy (non-hydrogen) atoms. The molecule has 0 aliphatic carbocycles. The van der Waals surface area contributed by atoms with Gasteiger partial charge in [-0.1, -0.05) is 19.9 Å². The summed E-state index contributed by atoms with van der Waals surface area (Å²) >= 11 is 3.98. The minimum Gasteiger partial charge on any atom is -0.308 e. The van der Waals surface area contributed by atoms with Crippen LogP contribution in [0.15, 0.2) is 17.5 Å². The smallest absolute Gasteiger partial charge is 0.0532 e. The summed E-state index contributed by atoms with van der Waals surface area (Å²) in [5, 5.41) is 7.30. The third-order valence-corrected chi connectivity index (χ3v) is 5.04. The maximum Gasteiger partial charge on any atom is 0.0532 e. The van der Waals surface area contributed by atoms with Gasteiger partial charge in [0.05, 0.1) is 6.04 Å². The first-order chi connectivity index (χ1) is 6.77. The fraction of sp³-hybridized carbons (Fsp3) is 0.636. The Hall–Kier alpha value is 0.01000. The van der Waals surface area contributed by atoms with E-state index in [2.05, 4.69) is 48.4 Å². The van der Waals surface area contributed by atoms with Crippen LogP contribution in [-0.4, -0.2) is 17.0 Å². The van der Waals surface area contributed by atoms with Crippen molar-refractivity contribution < 1.29 is 0 Å². The zero-order chi connectivity index (χ0) is 9.97. The van der Waals surface area contributed by atoms with Crippen molar-refractivity contribution in [3.05, 3.63) is 22.4 Å². The molecule has 3 unspecified atom stereocenters. The predicted octanol–water partition coefficient (Wildman–Crippen LogP) is 3.29. The van der Waals surface area contributed by atoms with Crippen molar-refractivity contribution in [2.45, 2.75) is 36.8 Å². The molecule has 0 aromatic carbocycles. The van der Waals surface area contributed by atoms with E-state index in [-0.39, 0.29) is 0 Å². The van der Waals surface area contributed by atoms with Crippen molar-refractivity contribution in [2.24, 2.45) is 0 Å². The highest BCUT2D eigenvalue weighted by Gasteiger charge is 2.24. The van der Waals surface area contributed by atoms with Gasteiger partial charge in [-0.15, -0.1) is 11.3 Å². The largest absolute Gasteiger partial charge is 0.308 e. The van der Waals surface area contributed by atoms with Gasteiger partial charge in [0.25, 0.3) is 0 Å². The third kappa shape index (κ3) is 2.33. The number of hydrogen-bond acceptors (Lipinski definition) is 3. The summed E-state index contributed by atoms with van der Waals surface area (Å²) in [6, 6.07) is 4.95. The average Bonchev–Trinajstić information content (AvgIpc) is 2.59. The van der Waals surface area contributed by atoms with Crippen molar-refractivity contribution in [1.29, 1.82) is 0 Å². The van der Waals surface area contributed by atoms with Crippen LogP contribution in [0.5, 0.6) is 0 Å². The maximum atomic E-state index is 3.65. The third-order valence-electron chi connectivity index (χ3n) is 2.68. The molecule has 1 fully saturated rings. The molecule has 78 valence electrons. The topological polar surface area (TPSA) is 12.0 Å². The molecule has 1 aliphatic heterocycles. The van der Waals surface area contributed by atoms with Crippen molar-refractivity contribution in [1.82, 2.24) is 5.32 Å². The predicted molar refractivity (Wildman–Crippen MR) is 66.2 cm³/mol. The Morgan fingerprint density at radius 3 is 3.00 bits per heavy atom. The van der Waals surface area contributed by atoms with Gasteiger partial charge in [0.15, 0.2) is 0 Å². The monoisotopic (exact) mass is 227 g/mol. The summed E-state index contributed by atoms with van der Waals surface area (Å²) in [7, 11) is 0. The van der Waals surface area contributed by atoms with E-state index in [0.29, 0.717) is 11.3 Å².